The van der Waals surface area contributed by atoms with Crippen molar-refractivity contribution < 1.29 is 22.7 Å². The lowest BCUT2D eigenvalue weighted by Crippen LogP contribution is -2.54. The molecule has 0 saturated carbocycles. The number of halogens is 3. The van der Waals surface area contributed by atoms with Crippen LogP contribution in [0.25, 0.3) is 11.4 Å². The van der Waals surface area contributed by atoms with Gasteiger partial charge in [-0.2, -0.15) is 5.10 Å². The largest absolute Gasteiger partial charge is 0.493 e. The number of hydrogen-bond acceptors (Lipinski definition) is 5. The Hall–Kier alpha value is -3.56. The second-order valence-corrected chi connectivity index (χ2v) is 7.35. The van der Waals surface area contributed by atoms with E-state index in [-0.39, 0.29) is 29.4 Å². The van der Waals surface area contributed by atoms with Gasteiger partial charge in [-0.05, 0) is 19.1 Å². The molecule has 3 N–H and O–H groups in total. The van der Waals surface area contributed by atoms with Gasteiger partial charge in [0.15, 0.2) is 0 Å². The van der Waals surface area contributed by atoms with Crippen molar-refractivity contribution in [2.75, 3.05) is 12.3 Å². The van der Waals surface area contributed by atoms with E-state index in [1.807, 2.05) is 0 Å². The summed E-state index contributed by atoms with van der Waals surface area (Å²) < 4.78 is 46.6. The summed E-state index contributed by atoms with van der Waals surface area (Å²) in [4.78, 5) is 16.6. The van der Waals surface area contributed by atoms with Gasteiger partial charge in [-0.25, -0.2) is 13.2 Å². The van der Waals surface area contributed by atoms with E-state index >= 15 is 0 Å². The summed E-state index contributed by atoms with van der Waals surface area (Å²) in [5.74, 6) is -2.32. The molecule has 156 valence electrons. The lowest BCUT2D eigenvalue weighted by molar-refractivity contribution is 0.0819. The number of nitrogens with one attached hydrogen (secondary N) is 1. The lowest BCUT2D eigenvalue weighted by atomic mass is 9.95. The maximum atomic E-state index is 13.3. The zero-order valence-electron chi connectivity index (χ0n) is 16.0. The van der Waals surface area contributed by atoms with E-state index in [2.05, 4.69) is 15.4 Å². The number of nitrogens with two attached hydrogens (primary N) is 1. The van der Waals surface area contributed by atoms with Gasteiger partial charge in [-0.15, -0.1) is 0 Å². The van der Waals surface area contributed by atoms with Crippen molar-refractivity contribution in [1.29, 1.82) is 0 Å². The average molecular weight is 417 g/mol. The number of nitrogens with zero attached hydrogens (tertiary/aromatic N) is 3. The smallest absolute Gasteiger partial charge is 0.272 e. The number of amides is 1. The fraction of sp³-hybridized carbons (Fsp3) is 0.250. The van der Waals surface area contributed by atoms with Gasteiger partial charge >= 0.3 is 0 Å². The Labute approximate surface area is 169 Å². The molecule has 0 radical (unpaired) electrons. The van der Waals surface area contributed by atoms with Crippen LogP contribution in [0.4, 0.5) is 18.9 Å². The minimum Gasteiger partial charge on any atom is -0.493 e. The van der Waals surface area contributed by atoms with E-state index < -0.39 is 28.9 Å². The number of hydrogen-bond donors (Lipinski definition) is 2. The van der Waals surface area contributed by atoms with Gasteiger partial charge < -0.3 is 15.8 Å². The van der Waals surface area contributed by atoms with Gasteiger partial charge in [0.1, 0.15) is 34.6 Å². The summed E-state index contributed by atoms with van der Waals surface area (Å²) in [6.07, 6.45) is 1.39. The Bertz CT molecular complexity index is 1100. The predicted octanol–water partition coefficient (Wildman–Crippen LogP) is 2.92. The molecule has 1 aliphatic heterocycles. The van der Waals surface area contributed by atoms with Crippen LogP contribution in [-0.4, -0.2) is 32.8 Å². The van der Waals surface area contributed by atoms with E-state index in [1.54, 1.807) is 6.92 Å². The van der Waals surface area contributed by atoms with E-state index in [4.69, 9.17) is 10.5 Å². The van der Waals surface area contributed by atoms with Crippen molar-refractivity contribution in [3.63, 3.8) is 0 Å². The molecule has 3 heterocycles. The summed E-state index contributed by atoms with van der Waals surface area (Å²) in [7, 11) is 0. The highest BCUT2D eigenvalue weighted by Crippen LogP contribution is 2.31. The summed E-state index contributed by atoms with van der Waals surface area (Å²) in [6.45, 7) is 2.20. The third kappa shape index (κ3) is 3.80. The van der Waals surface area contributed by atoms with Crippen LogP contribution in [0, 0.1) is 17.5 Å². The number of pyridine rings is 1. The monoisotopic (exact) mass is 417 g/mol. The Morgan fingerprint density at radius 2 is 1.93 bits per heavy atom. The van der Waals surface area contributed by atoms with Gasteiger partial charge in [0, 0.05) is 24.6 Å². The van der Waals surface area contributed by atoms with Crippen LogP contribution in [-0.2, 0) is 6.54 Å². The second kappa shape index (κ2) is 7.36. The topological polar surface area (TPSA) is 95.1 Å². The summed E-state index contributed by atoms with van der Waals surface area (Å²) >= 11 is 0. The molecule has 1 aliphatic rings. The molecule has 1 aromatic carbocycles. The SMILES string of the molecule is C[C@]1(CCOc2cc(F)cc(F)c2)Cn2nc(-c3ccc(F)cn3)c(N)c2C(=O)N1. The van der Waals surface area contributed by atoms with Crippen LogP contribution in [0.5, 0.6) is 5.75 Å². The zero-order valence-corrected chi connectivity index (χ0v) is 16.0. The molecule has 0 fully saturated rings. The number of nitrogen functional groups attached to an aromatic ring is 1. The second-order valence-electron chi connectivity index (χ2n) is 7.35. The van der Waals surface area contributed by atoms with Crippen molar-refractivity contribution in [3.8, 4) is 17.1 Å². The van der Waals surface area contributed by atoms with E-state index in [9.17, 15) is 18.0 Å². The Morgan fingerprint density at radius 1 is 1.20 bits per heavy atom. The van der Waals surface area contributed by atoms with Crippen molar-refractivity contribution in [3.05, 3.63) is 59.7 Å². The third-order valence-corrected chi connectivity index (χ3v) is 4.85. The van der Waals surface area contributed by atoms with Crippen LogP contribution >= 0.6 is 0 Å². The van der Waals surface area contributed by atoms with Crippen molar-refractivity contribution in [2.24, 2.45) is 0 Å². The van der Waals surface area contributed by atoms with E-state index in [0.29, 0.717) is 18.7 Å². The minimum absolute atomic E-state index is 0.0620. The van der Waals surface area contributed by atoms with Gasteiger partial charge in [0.25, 0.3) is 5.91 Å². The molecule has 7 nitrogen and oxygen atoms in total. The molecular formula is C20H18F3N5O2. The molecular weight excluding hydrogens is 399 g/mol. The molecule has 2 aromatic heterocycles. The first-order valence-electron chi connectivity index (χ1n) is 9.14. The summed E-state index contributed by atoms with van der Waals surface area (Å²) in [5.41, 5.74) is 6.36. The number of ether oxygens (including phenoxy) is 1. The van der Waals surface area contributed by atoms with Crippen LogP contribution in [0.3, 0.4) is 0 Å². The highest BCUT2D eigenvalue weighted by atomic mass is 19.1. The standard InChI is InChI=1S/C20H18F3N5O2/c1-20(4-5-30-14-7-12(22)6-13(23)8-14)10-28-18(19(29)26-20)16(24)17(27-28)15-3-2-11(21)9-25-15/h2-3,6-9H,4-5,10,24H2,1H3,(H,26,29)/t20-/m0/s1. The van der Waals surface area contributed by atoms with Crippen molar-refractivity contribution in [2.45, 2.75) is 25.4 Å². The number of carbonyl (C=O) groups excluding carboxylic acids is 1. The molecule has 0 spiro atoms. The fourth-order valence-corrected chi connectivity index (χ4v) is 3.39. The van der Waals surface area contributed by atoms with E-state index in [0.717, 1.165) is 24.4 Å². The Balaban J connectivity index is 1.51. The van der Waals surface area contributed by atoms with Crippen LogP contribution in [0.15, 0.2) is 36.5 Å². The normalized spacial score (nSPS) is 18.1. The van der Waals surface area contributed by atoms with Crippen LogP contribution < -0.4 is 15.8 Å². The first-order chi connectivity index (χ1) is 14.2. The molecule has 0 saturated heterocycles. The number of rotatable bonds is 5. The quantitative estimate of drug-likeness (QED) is 0.666. The van der Waals surface area contributed by atoms with Gasteiger partial charge in [-0.3, -0.25) is 14.5 Å². The Kier molecular flexibility index (Phi) is 4.84. The number of aromatic nitrogens is 3. The van der Waals surface area contributed by atoms with Gasteiger partial charge in [0.2, 0.25) is 0 Å². The first kappa shape index (κ1) is 19.7. The highest BCUT2D eigenvalue weighted by molar-refractivity contribution is 6.01. The zero-order chi connectivity index (χ0) is 21.5. The van der Waals surface area contributed by atoms with Gasteiger partial charge in [0.05, 0.1) is 36.3 Å². The molecule has 1 atom stereocenters. The maximum absolute atomic E-state index is 13.3. The minimum atomic E-state index is -0.735. The number of benzene rings is 1. The summed E-state index contributed by atoms with van der Waals surface area (Å²) in [5, 5.41) is 7.28. The van der Waals surface area contributed by atoms with Gasteiger partial charge in [-0.1, -0.05) is 0 Å². The number of anilines is 1. The number of carbonyl (C=O) groups is 1. The average Bonchev–Trinajstić information content (AvgIpc) is 2.97. The molecule has 3 aromatic rings. The molecule has 0 bridgehead atoms. The van der Waals surface area contributed by atoms with Crippen molar-refractivity contribution in [1.82, 2.24) is 20.1 Å². The van der Waals surface area contributed by atoms with Crippen LogP contribution in [0.1, 0.15) is 23.8 Å². The molecule has 4 rings (SSSR count). The highest BCUT2D eigenvalue weighted by Gasteiger charge is 2.37. The molecule has 0 aliphatic carbocycles. The molecule has 0 unspecified atom stereocenters. The lowest BCUT2D eigenvalue weighted by Gasteiger charge is -2.35. The predicted molar refractivity (Wildman–Crippen MR) is 102 cm³/mol. The third-order valence-electron chi connectivity index (χ3n) is 4.85. The van der Waals surface area contributed by atoms with Crippen LogP contribution in [0.2, 0.25) is 0 Å². The molecule has 10 heteroatoms. The Morgan fingerprint density at radius 3 is 2.60 bits per heavy atom. The molecule has 30 heavy (non-hydrogen) atoms. The maximum Gasteiger partial charge on any atom is 0.272 e. The van der Waals surface area contributed by atoms with E-state index in [1.165, 1.54) is 16.8 Å². The first-order valence-corrected chi connectivity index (χ1v) is 9.14. The summed E-state index contributed by atoms with van der Waals surface area (Å²) in [6, 6.07) is 5.59. The molecule has 1 amide bonds. The number of fused-ring (bicyclic) bond motifs is 1. The van der Waals surface area contributed by atoms with Crippen molar-refractivity contribution >= 4 is 11.6 Å². The fourth-order valence-electron chi connectivity index (χ4n) is 3.39.